The molecule has 0 aromatic heterocycles. The van der Waals surface area contributed by atoms with Crippen LogP contribution in [0, 0.1) is 16.7 Å². The van der Waals surface area contributed by atoms with E-state index in [0.29, 0.717) is 25.7 Å². The van der Waals surface area contributed by atoms with Gasteiger partial charge in [-0.3, -0.25) is 9.80 Å². The highest BCUT2D eigenvalue weighted by Crippen LogP contribution is 2.37. The van der Waals surface area contributed by atoms with Crippen LogP contribution in [0.25, 0.3) is 0 Å². The van der Waals surface area contributed by atoms with Crippen molar-refractivity contribution in [3.63, 3.8) is 0 Å². The van der Waals surface area contributed by atoms with Crippen molar-refractivity contribution in [3.05, 3.63) is 29.2 Å². The Morgan fingerprint density at radius 1 is 0.917 bits per heavy atom. The lowest BCUT2D eigenvalue weighted by molar-refractivity contribution is -0.344. The van der Waals surface area contributed by atoms with Gasteiger partial charge in [0, 0.05) is 39.8 Å². The highest BCUT2D eigenvalue weighted by molar-refractivity contribution is 5.70. The van der Waals surface area contributed by atoms with Crippen LogP contribution in [0.5, 0.6) is 0 Å². The van der Waals surface area contributed by atoms with Crippen LogP contribution in [0.1, 0.15) is 86.5 Å². The monoisotopic (exact) mass is 857 g/mol. The number of nitrogens with zero attached hydrogens (tertiary/aromatic N) is 3. The first-order valence-electron chi connectivity index (χ1n) is 21.2. The van der Waals surface area contributed by atoms with E-state index in [4.69, 9.17) is 37.9 Å². The standard InChI is InChI=1S/C42H71N3O15/c1-23-20-28(18-19-46)38(60-41-36(49)35(44(7)8)37(26(4)57-41)59-34-22-42(6,51)40(50)27(5)56-34)39(53-10)30(47)21-32(48)54-24(2)14-12-11-13-15-31(23)58-33-17-16-29(25(3)55-33)45(9)43-52/h11-13,15,19,23-31,33-41,47,49-51H,14,16-18,20-22H2,1-10H3/b12-11+,15-13+/t23-,24-,25-,26-,27+,28+,29+,30-,31+,33+,34+,35-,36-,37-,38+,39+,40+,41+,42-/m1/s1. The van der Waals surface area contributed by atoms with Crippen molar-refractivity contribution < 1.29 is 67.9 Å². The molecule has 3 fully saturated rings. The molecule has 3 saturated heterocycles. The fourth-order valence-corrected chi connectivity index (χ4v) is 8.97. The molecule has 18 nitrogen and oxygen atoms in total. The molecule has 18 heteroatoms. The molecule has 0 aliphatic carbocycles. The van der Waals surface area contributed by atoms with Gasteiger partial charge in [0.05, 0.1) is 66.0 Å². The third-order valence-electron chi connectivity index (χ3n) is 12.3. The summed E-state index contributed by atoms with van der Waals surface area (Å²) in [5, 5.41) is 49.5. The number of esters is 1. The number of allylic oxidation sites excluding steroid dienone is 2. The van der Waals surface area contributed by atoms with Gasteiger partial charge in [-0.15, -0.1) is 4.91 Å². The van der Waals surface area contributed by atoms with E-state index in [0.717, 1.165) is 6.29 Å². The van der Waals surface area contributed by atoms with Crippen molar-refractivity contribution in [1.29, 1.82) is 0 Å². The normalized spacial score (nSPS) is 45.0. The van der Waals surface area contributed by atoms with Crippen LogP contribution in [0.4, 0.5) is 0 Å². The van der Waals surface area contributed by atoms with Crippen LogP contribution >= 0.6 is 0 Å². The van der Waals surface area contributed by atoms with E-state index < -0.39 is 110 Å². The number of cyclic esters (lactones) is 1. The summed E-state index contributed by atoms with van der Waals surface area (Å²) in [5.74, 6) is -1.60. The number of likely N-dealkylation sites (N-methyl/N-ethyl adjacent to an activating group) is 2. The average molecular weight is 858 g/mol. The number of aliphatic hydroxyl groups excluding tert-OH is 3. The van der Waals surface area contributed by atoms with Gasteiger partial charge in [0.1, 0.15) is 36.8 Å². The zero-order valence-corrected chi connectivity index (χ0v) is 36.9. The fraction of sp³-hybridized carbons (Fsp3) is 0.857. The second-order valence-corrected chi connectivity index (χ2v) is 17.5. The molecule has 4 aliphatic heterocycles. The maximum Gasteiger partial charge on any atom is 0.308 e. The molecular weight excluding hydrogens is 786 g/mol. The van der Waals surface area contributed by atoms with Crippen molar-refractivity contribution in [2.75, 3.05) is 28.3 Å². The quantitative estimate of drug-likeness (QED) is 0.0957. The van der Waals surface area contributed by atoms with Crippen molar-refractivity contribution in [2.24, 2.45) is 17.1 Å². The van der Waals surface area contributed by atoms with E-state index in [1.807, 2.05) is 38.2 Å². The minimum absolute atomic E-state index is 0.0300. The number of ether oxygens (including phenoxy) is 8. The van der Waals surface area contributed by atoms with Crippen molar-refractivity contribution in [2.45, 2.75) is 190 Å². The molecule has 0 amide bonds. The molecular formula is C42H71N3O15. The van der Waals surface area contributed by atoms with Crippen LogP contribution in [-0.2, 0) is 47.5 Å². The topological polar surface area (TPSA) is 225 Å². The third-order valence-corrected chi connectivity index (χ3v) is 12.3. The number of rotatable bonds is 12. The van der Waals surface area contributed by atoms with Gasteiger partial charge < -0.3 is 68.0 Å². The average Bonchev–Trinajstić information content (AvgIpc) is 3.16. The van der Waals surface area contributed by atoms with Gasteiger partial charge in [0.25, 0.3) is 0 Å². The van der Waals surface area contributed by atoms with Crippen molar-refractivity contribution in [3.8, 4) is 0 Å². The number of nitroso groups, excluding NO2 is 1. The van der Waals surface area contributed by atoms with Crippen LogP contribution in [0.3, 0.4) is 0 Å². The highest BCUT2D eigenvalue weighted by atomic mass is 16.7. The molecule has 0 radical (unpaired) electrons. The van der Waals surface area contributed by atoms with Gasteiger partial charge >= 0.3 is 5.97 Å². The van der Waals surface area contributed by atoms with Gasteiger partial charge in [0.15, 0.2) is 18.9 Å². The fourth-order valence-electron chi connectivity index (χ4n) is 8.97. The maximum absolute atomic E-state index is 13.1. The second-order valence-electron chi connectivity index (χ2n) is 17.5. The molecule has 344 valence electrons. The number of aldehydes is 1. The Labute approximate surface area is 354 Å². The first-order valence-corrected chi connectivity index (χ1v) is 21.2. The molecule has 4 N–H and O–H groups in total. The van der Waals surface area contributed by atoms with Crippen LogP contribution in [-0.4, -0.2) is 175 Å². The lowest BCUT2D eigenvalue weighted by Gasteiger charge is -2.50. The number of hydrogen-bond donors (Lipinski definition) is 4. The molecule has 4 aliphatic rings. The summed E-state index contributed by atoms with van der Waals surface area (Å²) < 4.78 is 49.7. The van der Waals surface area contributed by atoms with Crippen molar-refractivity contribution in [1.82, 2.24) is 9.91 Å². The third kappa shape index (κ3) is 13.0. The smallest absolute Gasteiger partial charge is 0.308 e. The lowest BCUT2D eigenvalue weighted by Crippen LogP contribution is -2.65. The lowest BCUT2D eigenvalue weighted by atomic mass is 9.82. The summed E-state index contributed by atoms with van der Waals surface area (Å²) in [7, 11) is 6.51. The molecule has 60 heavy (non-hydrogen) atoms. The molecule has 0 saturated carbocycles. The van der Waals surface area contributed by atoms with E-state index in [1.165, 1.54) is 19.0 Å². The van der Waals surface area contributed by atoms with Gasteiger partial charge in [-0.1, -0.05) is 31.2 Å². The predicted octanol–water partition coefficient (Wildman–Crippen LogP) is 2.38. The van der Waals surface area contributed by atoms with Gasteiger partial charge in [0.2, 0.25) is 0 Å². The maximum atomic E-state index is 13.1. The Hall–Kier alpha value is -2.46. The molecule has 19 atom stereocenters. The summed E-state index contributed by atoms with van der Waals surface area (Å²) in [5.41, 5.74) is -1.48. The van der Waals surface area contributed by atoms with Gasteiger partial charge in [-0.2, -0.15) is 0 Å². The largest absolute Gasteiger partial charge is 0.462 e. The first-order chi connectivity index (χ1) is 28.3. The molecule has 0 spiro atoms. The van der Waals surface area contributed by atoms with Crippen molar-refractivity contribution >= 4 is 12.3 Å². The van der Waals surface area contributed by atoms with E-state index >= 15 is 0 Å². The summed E-state index contributed by atoms with van der Waals surface area (Å²) >= 11 is 0. The van der Waals surface area contributed by atoms with Crippen LogP contribution in [0.2, 0.25) is 0 Å². The molecule has 0 unspecified atom stereocenters. The Morgan fingerprint density at radius 3 is 2.23 bits per heavy atom. The molecule has 0 aromatic rings. The SMILES string of the molecule is CO[C@@H]1[C@@H](O[C@@H]2O[C@H](C)[C@@H](O[C@H]3C[C@@](C)(O)[C@@H](O)[C@H](C)O3)[C@H](N(C)C)[C@H]2O)[C@@H](CC=O)C[C@@H](C)[C@@H](O[C@H]2CC[C@H](N(C)N=O)[C@@H](C)O2)/C=C/C=C/C[C@@H](C)OC(=O)C[C@H]1O. The summed E-state index contributed by atoms with van der Waals surface area (Å²) in [6.07, 6.45) is -3.23. The second kappa shape index (κ2) is 22.8. The predicted molar refractivity (Wildman–Crippen MR) is 217 cm³/mol. The minimum Gasteiger partial charge on any atom is -0.462 e. The number of carbonyl (C=O) groups is 2. The minimum atomic E-state index is -1.48. The molecule has 0 aromatic carbocycles. The Balaban J connectivity index is 1.66. The Bertz CT molecular complexity index is 1420. The number of methoxy groups -OCH3 is 1. The van der Waals surface area contributed by atoms with Crippen LogP contribution in [0.15, 0.2) is 29.6 Å². The van der Waals surface area contributed by atoms with E-state index in [2.05, 4.69) is 5.29 Å². The van der Waals surface area contributed by atoms with Crippen LogP contribution < -0.4 is 0 Å². The van der Waals surface area contributed by atoms with E-state index in [1.54, 1.807) is 46.8 Å². The molecule has 0 bridgehead atoms. The number of carbonyl (C=O) groups excluding carboxylic acids is 2. The summed E-state index contributed by atoms with van der Waals surface area (Å²) in [6, 6.07) is -0.954. The summed E-state index contributed by atoms with van der Waals surface area (Å²) in [6.45, 7) is 10.5. The zero-order chi connectivity index (χ0) is 44.5. The Morgan fingerprint density at radius 2 is 1.62 bits per heavy atom. The van der Waals surface area contributed by atoms with Gasteiger partial charge in [-0.05, 0) is 73.4 Å². The Kier molecular flexibility index (Phi) is 19.0. The van der Waals surface area contributed by atoms with E-state index in [9.17, 15) is 34.9 Å². The molecule has 4 rings (SSSR count). The van der Waals surface area contributed by atoms with Gasteiger partial charge in [-0.25, -0.2) is 0 Å². The number of hydrogen-bond acceptors (Lipinski definition) is 17. The van der Waals surface area contributed by atoms with E-state index in [-0.39, 0.29) is 30.9 Å². The first kappa shape index (κ1) is 50.2. The number of aliphatic hydroxyl groups is 4. The highest BCUT2D eigenvalue weighted by Gasteiger charge is 2.52. The molecule has 4 heterocycles. The summed E-state index contributed by atoms with van der Waals surface area (Å²) in [4.78, 5) is 38.6. The zero-order valence-electron chi connectivity index (χ0n) is 36.9.